The van der Waals surface area contributed by atoms with Gasteiger partial charge in [0.2, 0.25) is 0 Å². The molecule has 0 rings (SSSR count). The normalized spacial score (nSPS) is 12.6. The Kier molecular flexibility index (Phi) is 6.64. The van der Waals surface area contributed by atoms with E-state index in [9.17, 15) is 4.79 Å². The van der Waals surface area contributed by atoms with E-state index in [1.54, 1.807) is 7.11 Å². The number of nitrogens with two attached hydrogens (primary N) is 1. The molecule has 1 atom stereocenters. The van der Waals surface area contributed by atoms with E-state index in [0.717, 1.165) is 0 Å². The molecule has 0 aromatic rings. The average molecular weight is 176 g/mol. The quantitative estimate of drug-likeness (QED) is 0.389. The van der Waals surface area contributed by atoms with Crippen LogP contribution < -0.4 is 11.1 Å². The van der Waals surface area contributed by atoms with Crippen molar-refractivity contribution in [1.29, 1.82) is 0 Å². The van der Waals surface area contributed by atoms with Gasteiger partial charge >= 0.3 is 5.97 Å². The summed E-state index contributed by atoms with van der Waals surface area (Å²) in [7, 11) is 2.93. The first kappa shape index (κ1) is 11.4. The summed E-state index contributed by atoms with van der Waals surface area (Å²) >= 11 is 0. The molecule has 0 aliphatic heterocycles. The molecule has 0 aliphatic rings. The monoisotopic (exact) mass is 176 g/mol. The first-order chi connectivity index (χ1) is 5.76. The highest BCUT2D eigenvalue weighted by Crippen LogP contribution is 1.84. The third-order valence-electron chi connectivity index (χ3n) is 1.42. The Morgan fingerprint density at radius 2 is 2.25 bits per heavy atom. The number of carbonyl (C=O) groups is 1. The number of esters is 1. The van der Waals surface area contributed by atoms with Crippen LogP contribution in [-0.2, 0) is 14.3 Å². The van der Waals surface area contributed by atoms with Gasteiger partial charge in [-0.3, -0.25) is 4.79 Å². The van der Waals surface area contributed by atoms with Crippen molar-refractivity contribution < 1.29 is 14.3 Å². The van der Waals surface area contributed by atoms with Gasteiger partial charge in [0.05, 0.1) is 13.7 Å². The van der Waals surface area contributed by atoms with Gasteiger partial charge in [-0.1, -0.05) is 0 Å². The molecule has 0 aromatic carbocycles. The predicted molar refractivity (Wildman–Crippen MR) is 44.7 cm³/mol. The van der Waals surface area contributed by atoms with Crippen LogP contribution in [0.2, 0.25) is 0 Å². The molecule has 5 heteroatoms. The fraction of sp³-hybridized carbons (Fsp3) is 0.857. The number of carbonyl (C=O) groups excluding carboxylic acids is 1. The number of nitrogens with one attached hydrogen (secondary N) is 1. The van der Waals surface area contributed by atoms with E-state index in [-0.39, 0.29) is 12.5 Å². The number of ether oxygens (including phenoxy) is 2. The van der Waals surface area contributed by atoms with Gasteiger partial charge in [0.1, 0.15) is 6.04 Å². The molecular formula is C7H16N2O3. The smallest absolute Gasteiger partial charge is 0.324 e. The molecule has 72 valence electrons. The number of hydrogen-bond donors (Lipinski definition) is 2. The molecule has 1 unspecified atom stereocenters. The van der Waals surface area contributed by atoms with Crippen molar-refractivity contribution in [3.05, 3.63) is 0 Å². The molecule has 0 aromatic heterocycles. The number of hydrogen-bond acceptors (Lipinski definition) is 5. The van der Waals surface area contributed by atoms with Crippen LogP contribution in [0.4, 0.5) is 0 Å². The summed E-state index contributed by atoms with van der Waals surface area (Å²) in [5.41, 5.74) is 5.33. The van der Waals surface area contributed by atoms with E-state index >= 15 is 0 Å². The highest BCUT2D eigenvalue weighted by Gasteiger charge is 2.15. The maximum atomic E-state index is 10.9. The standard InChI is InChI=1S/C7H16N2O3/c1-11-4-3-9-6(5-8)7(10)12-2/h6,9H,3-5,8H2,1-2H3. The largest absolute Gasteiger partial charge is 0.468 e. The Labute approximate surface area is 72.2 Å². The highest BCUT2D eigenvalue weighted by molar-refractivity contribution is 5.75. The predicted octanol–water partition coefficient (Wildman–Crippen LogP) is -1.28. The van der Waals surface area contributed by atoms with Crippen molar-refractivity contribution in [1.82, 2.24) is 5.32 Å². The van der Waals surface area contributed by atoms with Gasteiger partial charge in [0.15, 0.2) is 0 Å². The van der Waals surface area contributed by atoms with Crippen LogP contribution in [0.25, 0.3) is 0 Å². The molecule has 0 fully saturated rings. The Morgan fingerprint density at radius 3 is 2.67 bits per heavy atom. The van der Waals surface area contributed by atoms with Crippen molar-refractivity contribution >= 4 is 5.97 Å². The summed E-state index contributed by atoms with van der Waals surface area (Å²) in [6.45, 7) is 1.37. The minimum absolute atomic E-state index is 0.233. The summed E-state index contributed by atoms with van der Waals surface area (Å²) < 4.78 is 9.31. The molecule has 12 heavy (non-hydrogen) atoms. The summed E-state index contributed by atoms with van der Waals surface area (Å²) in [4.78, 5) is 10.9. The third-order valence-corrected chi connectivity index (χ3v) is 1.42. The lowest BCUT2D eigenvalue weighted by atomic mass is 10.3. The van der Waals surface area contributed by atoms with Crippen LogP contribution in [0.15, 0.2) is 0 Å². The summed E-state index contributed by atoms with van der Waals surface area (Å²) in [6.07, 6.45) is 0. The zero-order valence-electron chi connectivity index (χ0n) is 7.50. The second-order valence-electron chi connectivity index (χ2n) is 2.26. The Morgan fingerprint density at radius 1 is 1.58 bits per heavy atom. The fourth-order valence-electron chi connectivity index (χ4n) is 0.740. The van der Waals surface area contributed by atoms with Crippen LogP contribution in [0.5, 0.6) is 0 Å². The van der Waals surface area contributed by atoms with Crippen LogP contribution in [0.3, 0.4) is 0 Å². The SMILES string of the molecule is COCCNC(CN)C(=O)OC. The van der Waals surface area contributed by atoms with Crippen LogP contribution in [0, 0.1) is 0 Å². The van der Waals surface area contributed by atoms with Gasteiger partial charge in [0, 0.05) is 20.2 Å². The Bertz CT molecular complexity index is 130. The minimum atomic E-state index is -0.426. The average Bonchev–Trinajstić information content (AvgIpc) is 2.11. The van der Waals surface area contributed by atoms with E-state index in [1.165, 1.54) is 7.11 Å². The van der Waals surface area contributed by atoms with E-state index in [0.29, 0.717) is 13.2 Å². The lowest BCUT2D eigenvalue weighted by Gasteiger charge is -2.13. The van der Waals surface area contributed by atoms with Crippen molar-refractivity contribution in [2.45, 2.75) is 6.04 Å². The second kappa shape index (κ2) is 7.02. The lowest BCUT2D eigenvalue weighted by molar-refractivity contribution is -0.142. The molecule has 0 amide bonds. The third kappa shape index (κ3) is 4.27. The Balaban J connectivity index is 3.60. The summed E-state index contributed by atoms with van der Waals surface area (Å²) in [5.74, 6) is -0.339. The second-order valence-corrected chi connectivity index (χ2v) is 2.26. The zero-order chi connectivity index (χ0) is 9.40. The molecule has 5 nitrogen and oxygen atoms in total. The molecule has 0 spiro atoms. The van der Waals surface area contributed by atoms with E-state index in [1.807, 2.05) is 0 Å². The van der Waals surface area contributed by atoms with Crippen LogP contribution in [-0.4, -0.2) is 45.9 Å². The molecule has 0 heterocycles. The summed E-state index contributed by atoms with van der Waals surface area (Å²) in [5, 5.41) is 2.90. The number of rotatable bonds is 6. The van der Waals surface area contributed by atoms with E-state index < -0.39 is 6.04 Å². The first-order valence-corrected chi connectivity index (χ1v) is 3.76. The molecule has 0 saturated carbocycles. The first-order valence-electron chi connectivity index (χ1n) is 3.76. The summed E-state index contributed by atoms with van der Waals surface area (Å²) in [6, 6.07) is -0.426. The number of methoxy groups -OCH3 is 2. The molecular weight excluding hydrogens is 160 g/mol. The highest BCUT2D eigenvalue weighted by atomic mass is 16.5. The van der Waals surface area contributed by atoms with Gasteiger partial charge < -0.3 is 20.5 Å². The van der Waals surface area contributed by atoms with Crippen LogP contribution in [0.1, 0.15) is 0 Å². The molecule has 0 aliphatic carbocycles. The maximum absolute atomic E-state index is 10.9. The van der Waals surface area contributed by atoms with Crippen molar-refractivity contribution in [3.63, 3.8) is 0 Å². The van der Waals surface area contributed by atoms with Crippen molar-refractivity contribution in [3.8, 4) is 0 Å². The van der Waals surface area contributed by atoms with Crippen LogP contribution >= 0.6 is 0 Å². The van der Waals surface area contributed by atoms with Crippen molar-refractivity contribution in [2.75, 3.05) is 33.9 Å². The maximum Gasteiger partial charge on any atom is 0.324 e. The van der Waals surface area contributed by atoms with Gasteiger partial charge in [-0.25, -0.2) is 0 Å². The minimum Gasteiger partial charge on any atom is -0.468 e. The molecule has 0 radical (unpaired) electrons. The molecule has 3 N–H and O–H groups in total. The van der Waals surface area contributed by atoms with E-state index in [2.05, 4.69) is 10.1 Å². The van der Waals surface area contributed by atoms with Gasteiger partial charge in [-0.2, -0.15) is 0 Å². The van der Waals surface area contributed by atoms with Gasteiger partial charge in [-0.05, 0) is 0 Å². The molecule has 0 saturated heterocycles. The van der Waals surface area contributed by atoms with E-state index in [4.69, 9.17) is 10.5 Å². The molecule has 0 bridgehead atoms. The lowest BCUT2D eigenvalue weighted by Crippen LogP contribution is -2.44. The van der Waals surface area contributed by atoms with Gasteiger partial charge in [0.25, 0.3) is 0 Å². The fourth-order valence-corrected chi connectivity index (χ4v) is 0.740. The van der Waals surface area contributed by atoms with Crippen molar-refractivity contribution in [2.24, 2.45) is 5.73 Å². The topological polar surface area (TPSA) is 73.6 Å². The zero-order valence-corrected chi connectivity index (χ0v) is 7.50. The Hall–Kier alpha value is -0.650. The van der Waals surface area contributed by atoms with Gasteiger partial charge in [-0.15, -0.1) is 0 Å².